The van der Waals surface area contributed by atoms with Crippen LogP contribution in [0.1, 0.15) is 32.3 Å². The molecule has 0 unspecified atom stereocenters. The molecule has 0 radical (unpaired) electrons. The van der Waals surface area contributed by atoms with E-state index in [1.807, 2.05) is 0 Å². The number of nitrogens with two attached hydrogens (primary N) is 1. The summed E-state index contributed by atoms with van der Waals surface area (Å²) in [6.07, 6.45) is 3.87. The molecule has 90 valence electrons. The molecule has 1 rings (SSSR count). The van der Waals surface area contributed by atoms with E-state index in [1.54, 1.807) is 12.3 Å². The summed E-state index contributed by atoms with van der Waals surface area (Å²) in [6, 6.07) is 1.80. The van der Waals surface area contributed by atoms with Gasteiger partial charge in [0, 0.05) is 12.7 Å². The Kier molecular flexibility index (Phi) is 5.56. The van der Waals surface area contributed by atoms with Crippen LogP contribution in [0.4, 0.5) is 0 Å². The lowest BCUT2D eigenvalue weighted by Crippen LogP contribution is -2.03. The topological polar surface area (TPSA) is 48.1 Å². The smallest absolute Gasteiger partial charge is 0.232 e. The number of hydrogen-bond donors (Lipinski definition) is 1. The van der Waals surface area contributed by atoms with E-state index in [-0.39, 0.29) is 0 Å². The first-order chi connectivity index (χ1) is 7.63. The van der Waals surface area contributed by atoms with Gasteiger partial charge in [-0.2, -0.15) is 0 Å². The summed E-state index contributed by atoms with van der Waals surface area (Å²) >= 11 is 6.01. The number of nitrogens with zero attached hydrogens (tertiary/aromatic N) is 1. The van der Waals surface area contributed by atoms with Gasteiger partial charge in [-0.05, 0) is 30.4 Å². The Hall–Kier alpha value is -0.800. The van der Waals surface area contributed by atoms with E-state index in [4.69, 9.17) is 22.1 Å². The van der Waals surface area contributed by atoms with Gasteiger partial charge < -0.3 is 10.5 Å². The van der Waals surface area contributed by atoms with Crippen LogP contribution in [-0.2, 0) is 6.54 Å². The fourth-order valence-electron chi connectivity index (χ4n) is 1.34. The fraction of sp³-hybridized carbons (Fsp3) is 0.583. The minimum atomic E-state index is 0.445. The van der Waals surface area contributed by atoms with Crippen molar-refractivity contribution in [2.75, 3.05) is 6.61 Å². The second kappa shape index (κ2) is 6.71. The number of halogens is 1. The third kappa shape index (κ3) is 4.37. The van der Waals surface area contributed by atoms with Crippen LogP contribution in [0, 0.1) is 5.92 Å². The van der Waals surface area contributed by atoms with Crippen LogP contribution in [0.3, 0.4) is 0 Å². The highest BCUT2D eigenvalue weighted by atomic mass is 35.5. The molecule has 0 atom stereocenters. The first-order valence-electron chi connectivity index (χ1n) is 5.60. The molecular formula is C12H19ClN2O. The van der Waals surface area contributed by atoms with Crippen molar-refractivity contribution in [2.45, 2.75) is 33.2 Å². The molecule has 16 heavy (non-hydrogen) atoms. The lowest BCUT2D eigenvalue weighted by molar-refractivity contribution is 0.287. The summed E-state index contributed by atoms with van der Waals surface area (Å²) in [4.78, 5) is 4.13. The van der Waals surface area contributed by atoms with E-state index < -0.39 is 0 Å². The van der Waals surface area contributed by atoms with Crippen molar-refractivity contribution >= 4 is 11.6 Å². The fourth-order valence-corrected chi connectivity index (χ4v) is 1.59. The molecule has 0 amide bonds. The van der Waals surface area contributed by atoms with Gasteiger partial charge in [0.1, 0.15) is 5.02 Å². The zero-order chi connectivity index (χ0) is 12.0. The average Bonchev–Trinajstić information content (AvgIpc) is 2.25. The summed E-state index contributed by atoms with van der Waals surface area (Å²) in [5.41, 5.74) is 6.40. The van der Waals surface area contributed by atoms with Gasteiger partial charge in [-0.1, -0.05) is 25.4 Å². The van der Waals surface area contributed by atoms with E-state index in [0.717, 1.165) is 18.4 Å². The highest BCUT2D eigenvalue weighted by molar-refractivity contribution is 6.31. The standard InChI is InChI=1S/C12H19ClN2O/c1-9(2)4-3-5-16-12-11(13)6-10(7-14)8-15-12/h6,8-9H,3-5,7,14H2,1-2H3. The molecule has 0 aromatic carbocycles. The van der Waals surface area contributed by atoms with Crippen LogP contribution >= 0.6 is 11.6 Å². The molecule has 1 aromatic heterocycles. The molecule has 0 aliphatic heterocycles. The monoisotopic (exact) mass is 242 g/mol. The lowest BCUT2D eigenvalue weighted by Gasteiger charge is -2.08. The summed E-state index contributed by atoms with van der Waals surface area (Å²) in [7, 11) is 0. The molecule has 3 nitrogen and oxygen atoms in total. The second-order valence-corrected chi connectivity index (χ2v) is 4.63. The molecule has 0 saturated heterocycles. The molecule has 0 bridgehead atoms. The van der Waals surface area contributed by atoms with Crippen molar-refractivity contribution in [2.24, 2.45) is 11.7 Å². The zero-order valence-corrected chi connectivity index (χ0v) is 10.6. The summed E-state index contributed by atoms with van der Waals surface area (Å²) in [5, 5.41) is 0.535. The Labute approximate surface area is 102 Å². The quantitative estimate of drug-likeness (QED) is 0.781. The summed E-state index contributed by atoms with van der Waals surface area (Å²) in [5.74, 6) is 1.20. The average molecular weight is 243 g/mol. The Bertz CT molecular complexity index is 329. The van der Waals surface area contributed by atoms with Crippen molar-refractivity contribution in [3.63, 3.8) is 0 Å². The van der Waals surface area contributed by atoms with Crippen molar-refractivity contribution in [3.05, 3.63) is 22.8 Å². The molecule has 1 aromatic rings. The van der Waals surface area contributed by atoms with Crippen molar-refractivity contribution in [1.29, 1.82) is 0 Å². The van der Waals surface area contributed by atoms with E-state index in [2.05, 4.69) is 18.8 Å². The minimum Gasteiger partial charge on any atom is -0.477 e. The maximum Gasteiger partial charge on any atom is 0.232 e. The summed E-state index contributed by atoms with van der Waals surface area (Å²) < 4.78 is 5.50. The van der Waals surface area contributed by atoms with Crippen LogP contribution in [0.25, 0.3) is 0 Å². The van der Waals surface area contributed by atoms with Gasteiger partial charge in [0.15, 0.2) is 0 Å². The minimum absolute atomic E-state index is 0.445. The number of pyridine rings is 1. The Morgan fingerprint density at radius 3 is 2.81 bits per heavy atom. The van der Waals surface area contributed by atoms with Crippen LogP contribution < -0.4 is 10.5 Å². The lowest BCUT2D eigenvalue weighted by atomic mass is 10.1. The summed E-state index contributed by atoms with van der Waals surface area (Å²) in [6.45, 7) is 5.50. The van der Waals surface area contributed by atoms with Crippen molar-refractivity contribution in [3.8, 4) is 5.88 Å². The van der Waals surface area contributed by atoms with Crippen LogP contribution in [0.2, 0.25) is 5.02 Å². The van der Waals surface area contributed by atoms with E-state index in [1.165, 1.54) is 0 Å². The highest BCUT2D eigenvalue weighted by Crippen LogP contribution is 2.22. The number of hydrogen-bond acceptors (Lipinski definition) is 3. The van der Waals surface area contributed by atoms with Gasteiger partial charge in [0.2, 0.25) is 5.88 Å². The van der Waals surface area contributed by atoms with Crippen molar-refractivity contribution < 1.29 is 4.74 Å². The number of aromatic nitrogens is 1. The third-order valence-corrected chi connectivity index (χ3v) is 2.54. The number of ether oxygens (including phenoxy) is 1. The van der Waals surface area contributed by atoms with Crippen molar-refractivity contribution in [1.82, 2.24) is 4.98 Å². The normalized spacial score (nSPS) is 10.8. The Morgan fingerprint density at radius 2 is 2.25 bits per heavy atom. The van der Waals surface area contributed by atoms with Crippen LogP contribution in [0.5, 0.6) is 5.88 Å². The first kappa shape index (κ1) is 13.3. The van der Waals surface area contributed by atoms with E-state index in [9.17, 15) is 0 Å². The maximum absolute atomic E-state index is 6.01. The highest BCUT2D eigenvalue weighted by Gasteiger charge is 2.04. The molecule has 0 aliphatic carbocycles. The largest absolute Gasteiger partial charge is 0.477 e. The zero-order valence-electron chi connectivity index (χ0n) is 9.87. The van der Waals surface area contributed by atoms with Gasteiger partial charge in [0.05, 0.1) is 6.61 Å². The molecule has 0 spiro atoms. The van der Waals surface area contributed by atoms with Gasteiger partial charge in [0.25, 0.3) is 0 Å². The van der Waals surface area contributed by atoms with Gasteiger partial charge >= 0.3 is 0 Å². The van der Waals surface area contributed by atoms with Gasteiger partial charge in [-0.3, -0.25) is 0 Å². The molecular weight excluding hydrogens is 224 g/mol. The van der Waals surface area contributed by atoms with E-state index in [0.29, 0.717) is 30.0 Å². The molecule has 4 heteroatoms. The molecule has 2 N–H and O–H groups in total. The van der Waals surface area contributed by atoms with Gasteiger partial charge in [-0.25, -0.2) is 4.98 Å². The van der Waals surface area contributed by atoms with Crippen LogP contribution in [-0.4, -0.2) is 11.6 Å². The predicted octanol–water partition coefficient (Wildman–Crippen LogP) is 3.01. The molecule has 1 heterocycles. The predicted molar refractivity (Wildman–Crippen MR) is 66.7 cm³/mol. The molecule has 0 fully saturated rings. The van der Waals surface area contributed by atoms with Gasteiger partial charge in [-0.15, -0.1) is 0 Å². The van der Waals surface area contributed by atoms with E-state index >= 15 is 0 Å². The maximum atomic E-state index is 6.01. The Morgan fingerprint density at radius 1 is 1.50 bits per heavy atom. The molecule has 0 aliphatic rings. The van der Waals surface area contributed by atoms with Crippen LogP contribution in [0.15, 0.2) is 12.3 Å². The SMILES string of the molecule is CC(C)CCCOc1ncc(CN)cc1Cl. The Balaban J connectivity index is 2.42. The second-order valence-electron chi connectivity index (χ2n) is 4.22. The first-order valence-corrected chi connectivity index (χ1v) is 5.98. The third-order valence-electron chi connectivity index (χ3n) is 2.26. The number of rotatable bonds is 6. The molecule has 0 saturated carbocycles.